The highest BCUT2D eigenvalue weighted by Crippen LogP contribution is 2.19. The number of aliphatic imine (C=N–C) groups is 1. The molecule has 0 heterocycles. The summed E-state index contributed by atoms with van der Waals surface area (Å²) in [4.78, 5) is 29.6. The van der Waals surface area contributed by atoms with Crippen molar-refractivity contribution in [1.29, 1.82) is 0 Å². The van der Waals surface area contributed by atoms with E-state index in [9.17, 15) is 9.59 Å². The van der Waals surface area contributed by atoms with Gasteiger partial charge < -0.3 is 22.1 Å². The van der Waals surface area contributed by atoms with Crippen LogP contribution in [-0.2, 0) is 19.5 Å². The molecule has 0 saturated heterocycles. The first-order chi connectivity index (χ1) is 19.0. The summed E-state index contributed by atoms with van der Waals surface area (Å²) < 4.78 is 0. The molecule has 7 N–H and O–H groups in total. The Balaban J connectivity index is 1.35. The van der Waals surface area contributed by atoms with Crippen molar-refractivity contribution in [3.8, 4) is 0 Å². The second kappa shape index (κ2) is 13.4. The minimum Gasteiger partial charge on any atom is -0.399 e. The standard InChI is InChI=1S/C31H32N6O2/c32-27-16-8-12-24(18-27)21-35-31(39)37-30(33)34-20-23-11-7-15-26(17-23)29(38)36-28(25-13-5-2-6-14-25)19-22-9-3-1-4-10-22/h1-18,28H,19-21,32H2,(H,36,38)(H4,33,34,35,37,39). The largest absolute Gasteiger partial charge is 0.399 e. The monoisotopic (exact) mass is 520 g/mol. The molecule has 3 amide bonds. The van der Waals surface area contributed by atoms with Crippen molar-refractivity contribution in [3.63, 3.8) is 0 Å². The number of amides is 3. The van der Waals surface area contributed by atoms with E-state index in [-0.39, 0.29) is 24.5 Å². The molecule has 0 aliphatic heterocycles. The molecule has 0 bridgehead atoms. The number of hydrogen-bond donors (Lipinski definition) is 5. The van der Waals surface area contributed by atoms with Crippen LogP contribution in [-0.4, -0.2) is 17.9 Å². The highest BCUT2D eigenvalue weighted by atomic mass is 16.2. The Morgan fingerprint density at radius 2 is 1.44 bits per heavy atom. The molecule has 0 fully saturated rings. The average Bonchev–Trinajstić information content (AvgIpc) is 2.96. The highest BCUT2D eigenvalue weighted by Gasteiger charge is 2.17. The fourth-order valence-electron chi connectivity index (χ4n) is 4.10. The minimum atomic E-state index is -0.475. The first kappa shape index (κ1) is 26.9. The number of hydrogen-bond acceptors (Lipinski definition) is 4. The van der Waals surface area contributed by atoms with Gasteiger partial charge in [0.2, 0.25) is 0 Å². The fourth-order valence-corrected chi connectivity index (χ4v) is 4.10. The number of guanidine groups is 1. The van der Waals surface area contributed by atoms with Crippen LogP contribution in [0.2, 0.25) is 0 Å². The number of nitrogen functional groups attached to an aromatic ring is 1. The van der Waals surface area contributed by atoms with Gasteiger partial charge in [-0.15, -0.1) is 0 Å². The van der Waals surface area contributed by atoms with Gasteiger partial charge in [-0.05, 0) is 52.9 Å². The van der Waals surface area contributed by atoms with Gasteiger partial charge in [-0.1, -0.05) is 84.9 Å². The van der Waals surface area contributed by atoms with Gasteiger partial charge in [-0.2, -0.15) is 0 Å². The molecule has 0 aromatic heterocycles. The lowest BCUT2D eigenvalue weighted by molar-refractivity contribution is 0.0936. The van der Waals surface area contributed by atoms with Gasteiger partial charge in [0.05, 0.1) is 12.6 Å². The van der Waals surface area contributed by atoms with Crippen LogP contribution in [0.5, 0.6) is 0 Å². The topological polar surface area (TPSA) is 135 Å². The minimum absolute atomic E-state index is 0.0260. The van der Waals surface area contributed by atoms with E-state index in [1.165, 1.54) is 0 Å². The van der Waals surface area contributed by atoms with Crippen molar-refractivity contribution in [2.45, 2.75) is 25.6 Å². The number of nitrogens with one attached hydrogen (secondary N) is 3. The summed E-state index contributed by atoms with van der Waals surface area (Å²) in [6.45, 7) is 0.504. The number of carbonyl (C=O) groups excluding carboxylic acids is 2. The van der Waals surface area contributed by atoms with Gasteiger partial charge in [0.1, 0.15) is 0 Å². The maximum absolute atomic E-state index is 13.2. The molecule has 8 nitrogen and oxygen atoms in total. The van der Waals surface area contributed by atoms with E-state index in [2.05, 4.69) is 33.1 Å². The van der Waals surface area contributed by atoms with E-state index in [4.69, 9.17) is 11.5 Å². The van der Waals surface area contributed by atoms with Gasteiger partial charge in [-0.25, -0.2) is 9.79 Å². The zero-order valence-electron chi connectivity index (χ0n) is 21.5. The van der Waals surface area contributed by atoms with E-state index in [1.807, 2.05) is 66.7 Å². The Bertz CT molecular complexity index is 1420. The van der Waals surface area contributed by atoms with Gasteiger partial charge in [0, 0.05) is 17.8 Å². The molecule has 0 radical (unpaired) electrons. The molecule has 0 aliphatic carbocycles. The van der Waals surface area contributed by atoms with Crippen LogP contribution < -0.4 is 27.4 Å². The number of nitrogens with zero attached hydrogens (tertiary/aromatic N) is 1. The summed E-state index contributed by atoms with van der Waals surface area (Å²) in [5.74, 6) is -0.209. The summed E-state index contributed by atoms with van der Waals surface area (Å²) in [5.41, 5.74) is 16.6. The second-order valence-corrected chi connectivity index (χ2v) is 9.08. The Morgan fingerprint density at radius 1 is 0.769 bits per heavy atom. The van der Waals surface area contributed by atoms with Gasteiger partial charge in [-0.3, -0.25) is 10.1 Å². The Labute approximate surface area is 228 Å². The van der Waals surface area contributed by atoms with Crippen LogP contribution in [0.4, 0.5) is 10.5 Å². The molecule has 4 aromatic rings. The molecule has 0 spiro atoms. The molecule has 198 valence electrons. The maximum atomic E-state index is 13.2. The Kier molecular flexibility index (Phi) is 9.28. The lowest BCUT2D eigenvalue weighted by Crippen LogP contribution is -2.43. The molecule has 1 unspecified atom stereocenters. The first-order valence-electron chi connectivity index (χ1n) is 12.6. The average molecular weight is 521 g/mol. The number of rotatable bonds is 9. The molecule has 8 heteroatoms. The van der Waals surface area contributed by atoms with Crippen molar-refractivity contribution in [3.05, 3.63) is 137 Å². The molecule has 0 aliphatic rings. The predicted octanol–water partition coefficient (Wildman–Crippen LogP) is 4.30. The van der Waals surface area contributed by atoms with Crippen molar-refractivity contribution in [1.82, 2.24) is 16.0 Å². The summed E-state index contributed by atoms with van der Waals surface area (Å²) in [6, 6.07) is 33.8. The maximum Gasteiger partial charge on any atom is 0.321 e. The zero-order chi connectivity index (χ0) is 27.5. The van der Waals surface area contributed by atoms with Gasteiger partial charge in [0.15, 0.2) is 5.96 Å². The lowest BCUT2D eigenvalue weighted by atomic mass is 9.98. The number of carbonyl (C=O) groups is 2. The molecule has 0 saturated carbocycles. The number of benzene rings is 4. The van der Waals surface area contributed by atoms with Gasteiger partial charge >= 0.3 is 6.03 Å². The third kappa shape index (κ3) is 8.46. The Morgan fingerprint density at radius 3 is 2.18 bits per heavy atom. The molecular weight excluding hydrogens is 488 g/mol. The second-order valence-electron chi connectivity index (χ2n) is 9.08. The van der Waals surface area contributed by atoms with Crippen LogP contribution in [0.3, 0.4) is 0 Å². The van der Waals surface area contributed by atoms with E-state index >= 15 is 0 Å². The summed E-state index contributed by atoms with van der Waals surface area (Å²) in [6.07, 6.45) is 0.669. The van der Waals surface area contributed by atoms with Crippen molar-refractivity contribution < 1.29 is 9.59 Å². The third-order valence-corrected chi connectivity index (χ3v) is 6.06. The third-order valence-electron chi connectivity index (χ3n) is 6.06. The fraction of sp³-hybridized carbons (Fsp3) is 0.129. The van der Waals surface area contributed by atoms with E-state index in [0.717, 1.165) is 22.3 Å². The molecule has 1 atom stereocenters. The quantitative estimate of drug-likeness (QED) is 0.128. The number of anilines is 1. The summed E-state index contributed by atoms with van der Waals surface area (Å²) in [7, 11) is 0. The molecule has 4 rings (SSSR count). The zero-order valence-corrected chi connectivity index (χ0v) is 21.5. The van der Waals surface area contributed by atoms with Crippen molar-refractivity contribution >= 4 is 23.6 Å². The predicted molar refractivity (Wildman–Crippen MR) is 155 cm³/mol. The molecule has 39 heavy (non-hydrogen) atoms. The van der Waals surface area contributed by atoms with Crippen LogP contribution >= 0.6 is 0 Å². The highest BCUT2D eigenvalue weighted by molar-refractivity contribution is 5.95. The van der Waals surface area contributed by atoms with Crippen LogP contribution in [0.25, 0.3) is 0 Å². The van der Waals surface area contributed by atoms with Crippen LogP contribution in [0.15, 0.2) is 114 Å². The van der Waals surface area contributed by atoms with Crippen molar-refractivity contribution in [2.75, 3.05) is 5.73 Å². The van der Waals surface area contributed by atoms with E-state index in [1.54, 1.807) is 30.3 Å². The van der Waals surface area contributed by atoms with Crippen LogP contribution in [0.1, 0.15) is 38.7 Å². The van der Waals surface area contributed by atoms with E-state index < -0.39 is 6.03 Å². The van der Waals surface area contributed by atoms with Gasteiger partial charge in [0.25, 0.3) is 5.91 Å². The first-order valence-corrected chi connectivity index (χ1v) is 12.6. The summed E-state index contributed by atoms with van der Waals surface area (Å²) >= 11 is 0. The van der Waals surface area contributed by atoms with Crippen molar-refractivity contribution in [2.24, 2.45) is 10.7 Å². The summed E-state index contributed by atoms with van der Waals surface area (Å²) in [5, 5.41) is 8.39. The number of urea groups is 1. The molecule has 4 aromatic carbocycles. The van der Waals surface area contributed by atoms with Crippen LogP contribution in [0, 0.1) is 0 Å². The lowest BCUT2D eigenvalue weighted by Gasteiger charge is -2.20. The molecular formula is C31H32N6O2. The van der Waals surface area contributed by atoms with E-state index in [0.29, 0.717) is 24.2 Å². The number of nitrogens with two attached hydrogens (primary N) is 2. The Hall–Kier alpha value is -5.11. The SMILES string of the molecule is NC(=NCc1cccc(C(=O)NC(Cc2ccccc2)c2ccccc2)c1)NC(=O)NCc1cccc(N)c1. The smallest absolute Gasteiger partial charge is 0.321 e. The normalized spacial score (nSPS) is 11.8.